The molecule has 132 valence electrons. The number of carboxylic acid groups (broad SMARTS) is 1. The van der Waals surface area contributed by atoms with E-state index in [1.165, 1.54) is 19.9 Å². The molecule has 1 aromatic heterocycles. The summed E-state index contributed by atoms with van der Waals surface area (Å²) in [5, 5.41) is 11.9. The van der Waals surface area contributed by atoms with E-state index in [1.54, 1.807) is 30.3 Å². The molecule has 1 unspecified atom stereocenters. The SMILES string of the molecule is CCCC(C)(NC(=O)c1ccc(-c2ccc(C(C)=O)cc2)o1)C(=O)O. The van der Waals surface area contributed by atoms with Gasteiger partial charge < -0.3 is 14.8 Å². The number of ketones is 1. The van der Waals surface area contributed by atoms with Gasteiger partial charge >= 0.3 is 5.97 Å². The zero-order chi connectivity index (χ0) is 18.6. The van der Waals surface area contributed by atoms with Crippen LogP contribution < -0.4 is 5.32 Å². The fraction of sp³-hybridized carbons (Fsp3) is 0.316. The summed E-state index contributed by atoms with van der Waals surface area (Å²) in [5.74, 6) is -1.20. The van der Waals surface area contributed by atoms with E-state index in [0.29, 0.717) is 24.2 Å². The molecule has 0 fully saturated rings. The Bertz CT molecular complexity index is 790. The topological polar surface area (TPSA) is 96.6 Å². The van der Waals surface area contributed by atoms with Crippen molar-refractivity contribution in [2.24, 2.45) is 0 Å². The summed E-state index contributed by atoms with van der Waals surface area (Å²) in [5.41, 5.74) is -0.0364. The van der Waals surface area contributed by atoms with Crippen LogP contribution in [0.5, 0.6) is 0 Å². The van der Waals surface area contributed by atoms with Crippen molar-refractivity contribution in [3.8, 4) is 11.3 Å². The minimum atomic E-state index is -1.35. The molecule has 0 bridgehead atoms. The molecule has 2 rings (SSSR count). The van der Waals surface area contributed by atoms with Gasteiger partial charge in [-0.25, -0.2) is 4.79 Å². The lowest BCUT2D eigenvalue weighted by Crippen LogP contribution is -2.52. The molecule has 2 N–H and O–H groups in total. The summed E-state index contributed by atoms with van der Waals surface area (Å²) in [4.78, 5) is 35.0. The highest BCUT2D eigenvalue weighted by molar-refractivity contribution is 5.96. The lowest BCUT2D eigenvalue weighted by molar-refractivity contribution is -0.144. The van der Waals surface area contributed by atoms with Crippen molar-refractivity contribution in [1.29, 1.82) is 0 Å². The van der Waals surface area contributed by atoms with Crippen LogP contribution in [0.2, 0.25) is 0 Å². The zero-order valence-corrected chi connectivity index (χ0v) is 14.5. The van der Waals surface area contributed by atoms with Gasteiger partial charge in [0.25, 0.3) is 5.91 Å². The van der Waals surface area contributed by atoms with E-state index >= 15 is 0 Å². The van der Waals surface area contributed by atoms with Crippen molar-refractivity contribution in [3.63, 3.8) is 0 Å². The van der Waals surface area contributed by atoms with E-state index in [9.17, 15) is 19.5 Å². The molecule has 0 aliphatic heterocycles. The number of hydrogen-bond donors (Lipinski definition) is 2. The van der Waals surface area contributed by atoms with Gasteiger partial charge in [0.1, 0.15) is 11.3 Å². The highest BCUT2D eigenvalue weighted by atomic mass is 16.4. The number of nitrogens with one attached hydrogen (secondary N) is 1. The first-order valence-corrected chi connectivity index (χ1v) is 8.04. The molecule has 0 saturated carbocycles. The Morgan fingerprint density at radius 1 is 1.12 bits per heavy atom. The highest BCUT2D eigenvalue weighted by Gasteiger charge is 2.34. The van der Waals surface area contributed by atoms with E-state index in [4.69, 9.17) is 4.42 Å². The first-order valence-electron chi connectivity index (χ1n) is 8.04. The van der Waals surface area contributed by atoms with Crippen LogP contribution in [-0.4, -0.2) is 28.3 Å². The molecular formula is C19H21NO5. The first kappa shape index (κ1) is 18.4. The first-order chi connectivity index (χ1) is 11.8. The average molecular weight is 343 g/mol. The van der Waals surface area contributed by atoms with Crippen LogP contribution >= 0.6 is 0 Å². The monoisotopic (exact) mass is 343 g/mol. The van der Waals surface area contributed by atoms with Crippen molar-refractivity contribution in [3.05, 3.63) is 47.7 Å². The van der Waals surface area contributed by atoms with Gasteiger partial charge in [0.05, 0.1) is 0 Å². The van der Waals surface area contributed by atoms with Gasteiger partial charge in [-0.05, 0) is 32.4 Å². The van der Waals surface area contributed by atoms with Crippen LogP contribution in [0.25, 0.3) is 11.3 Å². The number of hydrogen-bond acceptors (Lipinski definition) is 4. The number of rotatable bonds is 7. The fourth-order valence-corrected chi connectivity index (χ4v) is 2.52. The van der Waals surface area contributed by atoms with Crippen LogP contribution in [0.4, 0.5) is 0 Å². The molecular weight excluding hydrogens is 322 g/mol. The van der Waals surface area contributed by atoms with Crippen LogP contribution in [0, 0.1) is 0 Å². The summed E-state index contributed by atoms with van der Waals surface area (Å²) in [6.07, 6.45) is 0.934. The number of carbonyl (C=O) groups is 3. The highest BCUT2D eigenvalue weighted by Crippen LogP contribution is 2.23. The molecule has 2 aromatic rings. The van der Waals surface area contributed by atoms with E-state index < -0.39 is 17.4 Å². The second-order valence-electron chi connectivity index (χ2n) is 6.14. The Morgan fingerprint density at radius 2 is 1.76 bits per heavy atom. The smallest absolute Gasteiger partial charge is 0.329 e. The van der Waals surface area contributed by atoms with E-state index in [2.05, 4.69) is 5.32 Å². The number of Topliss-reactive ketones (excluding diaryl/α,β-unsaturated/α-hetero) is 1. The van der Waals surface area contributed by atoms with Gasteiger partial charge in [-0.15, -0.1) is 0 Å². The van der Waals surface area contributed by atoms with Crippen molar-refractivity contribution < 1.29 is 23.9 Å². The van der Waals surface area contributed by atoms with Crippen molar-refractivity contribution >= 4 is 17.7 Å². The molecule has 0 aliphatic carbocycles. The maximum Gasteiger partial charge on any atom is 0.329 e. The van der Waals surface area contributed by atoms with Gasteiger partial charge in [-0.2, -0.15) is 0 Å². The third kappa shape index (κ3) is 4.15. The molecule has 6 nitrogen and oxygen atoms in total. The third-order valence-corrected chi connectivity index (χ3v) is 4.02. The normalized spacial score (nSPS) is 13.1. The number of carbonyl (C=O) groups excluding carboxylic acids is 2. The van der Waals surface area contributed by atoms with E-state index in [1.807, 2.05) is 6.92 Å². The Labute approximate surface area is 145 Å². The number of carboxylic acids is 1. The number of aliphatic carboxylic acids is 1. The quantitative estimate of drug-likeness (QED) is 0.750. The molecule has 1 amide bonds. The largest absolute Gasteiger partial charge is 0.480 e. The molecule has 0 aliphatic rings. The second-order valence-corrected chi connectivity index (χ2v) is 6.14. The van der Waals surface area contributed by atoms with Gasteiger partial charge in [-0.1, -0.05) is 37.6 Å². The van der Waals surface area contributed by atoms with Crippen LogP contribution in [0.15, 0.2) is 40.8 Å². The molecule has 25 heavy (non-hydrogen) atoms. The van der Waals surface area contributed by atoms with Gasteiger partial charge in [-0.3, -0.25) is 9.59 Å². The average Bonchev–Trinajstić information content (AvgIpc) is 3.05. The Morgan fingerprint density at radius 3 is 2.28 bits per heavy atom. The molecule has 1 aromatic carbocycles. The third-order valence-electron chi connectivity index (χ3n) is 4.02. The predicted molar refractivity (Wildman–Crippen MR) is 92.6 cm³/mol. The molecule has 1 heterocycles. The maximum absolute atomic E-state index is 12.3. The molecule has 6 heteroatoms. The maximum atomic E-state index is 12.3. The minimum absolute atomic E-state index is 0.0325. The lowest BCUT2D eigenvalue weighted by atomic mass is 9.96. The van der Waals surface area contributed by atoms with E-state index in [-0.39, 0.29) is 11.5 Å². The summed E-state index contributed by atoms with van der Waals surface area (Å²) in [6.45, 7) is 4.81. The minimum Gasteiger partial charge on any atom is -0.480 e. The van der Waals surface area contributed by atoms with Gasteiger partial charge in [0.2, 0.25) is 0 Å². The number of furan rings is 1. The standard InChI is InChI=1S/C19H21NO5/c1-4-11-19(3,18(23)24)20-17(22)16-10-9-15(25-16)14-7-5-13(6-8-14)12(2)21/h5-10H,4,11H2,1-3H3,(H,20,22)(H,23,24). The number of amides is 1. The van der Waals surface area contributed by atoms with Crippen molar-refractivity contribution in [1.82, 2.24) is 5.32 Å². The molecule has 0 radical (unpaired) electrons. The summed E-state index contributed by atoms with van der Waals surface area (Å²) in [6, 6.07) is 9.96. The Kier molecular flexibility index (Phi) is 5.41. The summed E-state index contributed by atoms with van der Waals surface area (Å²) in [7, 11) is 0. The zero-order valence-electron chi connectivity index (χ0n) is 14.5. The van der Waals surface area contributed by atoms with Crippen LogP contribution in [0.1, 0.15) is 54.5 Å². The van der Waals surface area contributed by atoms with Gasteiger partial charge in [0.15, 0.2) is 11.5 Å². The second kappa shape index (κ2) is 7.34. The lowest BCUT2D eigenvalue weighted by Gasteiger charge is -2.25. The number of benzene rings is 1. The predicted octanol–water partition coefficient (Wildman–Crippen LogP) is 3.52. The van der Waals surface area contributed by atoms with Crippen molar-refractivity contribution in [2.75, 3.05) is 0 Å². The molecule has 1 atom stereocenters. The summed E-state index contributed by atoms with van der Waals surface area (Å²) >= 11 is 0. The molecule has 0 saturated heterocycles. The molecule has 0 spiro atoms. The van der Waals surface area contributed by atoms with Crippen LogP contribution in [-0.2, 0) is 4.79 Å². The van der Waals surface area contributed by atoms with Crippen LogP contribution in [0.3, 0.4) is 0 Å². The summed E-state index contributed by atoms with van der Waals surface area (Å²) < 4.78 is 5.55. The fourth-order valence-electron chi connectivity index (χ4n) is 2.52. The van der Waals surface area contributed by atoms with Crippen molar-refractivity contribution in [2.45, 2.75) is 39.2 Å². The van der Waals surface area contributed by atoms with E-state index in [0.717, 1.165) is 5.56 Å². The Hall–Kier alpha value is -2.89. The van der Waals surface area contributed by atoms with Gasteiger partial charge in [0, 0.05) is 11.1 Å². The Balaban J connectivity index is 2.18.